The molecule has 1 amide bonds. The Morgan fingerprint density at radius 2 is 2.00 bits per heavy atom. The SMILES string of the molecule is CC(C(=O)NC1CC(O)C1)c1ccccc1. The third-order valence-electron chi connectivity index (χ3n) is 3.15. The summed E-state index contributed by atoms with van der Waals surface area (Å²) in [6, 6.07) is 9.89. The van der Waals surface area contributed by atoms with Gasteiger partial charge in [-0.05, 0) is 25.3 Å². The van der Waals surface area contributed by atoms with Gasteiger partial charge in [0.2, 0.25) is 5.91 Å². The lowest BCUT2D eigenvalue weighted by Gasteiger charge is -2.32. The Hall–Kier alpha value is -1.35. The van der Waals surface area contributed by atoms with Gasteiger partial charge in [0.25, 0.3) is 0 Å². The molecular formula is C13H17NO2. The molecule has 2 N–H and O–H groups in total. The van der Waals surface area contributed by atoms with E-state index in [9.17, 15) is 4.79 Å². The topological polar surface area (TPSA) is 49.3 Å². The minimum Gasteiger partial charge on any atom is -0.393 e. The molecule has 1 aliphatic carbocycles. The molecule has 1 fully saturated rings. The number of aliphatic hydroxyl groups is 1. The predicted octanol–water partition coefficient (Wildman–Crippen LogP) is 1.43. The molecule has 0 aliphatic heterocycles. The van der Waals surface area contributed by atoms with E-state index in [2.05, 4.69) is 5.32 Å². The summed E-state index contributed by atoms with van der Waals surface area (Å²) in [6.07, 6.45) is 1.15. The molecule has 1 aromatic carbocycles. The summed E-state index contributed by atoms with van der Waals surface area (Å²) in [6.45, 7) is 1.90. The molecule has 1 saturated carbocycles. The van der Waals surface area contributed by atoms with Crippen molar-refractivity contribution < 1.29 is 9.90 Å². The Kier molecular flexibility index (Phi) is 3.25. The van der Waals surface area contributed by atoms with Gasteiger partial charge in [0.15, 0.2) is 0 Å². The average Bonchev–Trinajstić information content (AvgIpc) is 2.27. The lowest BCUT2D eigenvalue weighted by Crippen LogP contribution is -2.47. The van der Waals surface area contributed by atoms with Gasteiger partial charge in [0.05, 0.1) is 12.0 Å². The van der Waals surface area contributed by atoms with Crippen LogP contribution in [0.25, 0.3) is 0 Å². The van der Waals surface area contributed by atoms with Crippen molar-refractivity contribution in [2.24, 2.45) is 0 Å². The minimum absolute atomic E-state index is 0.0445. The number of benzene rings is 1. The van der Waals surface area contributed by atoms with Crippen molar-refractivity contribution in [2.45, 2.75) is 37.8 Å². The normalized spacial score (nSPS) is 25.6. The fraction of sp³-hybridized carbons (Fsp3) is 0.462. The molecule has 1 unspecified atom stereocenters. The Morgan fingerprint density at radius 3 is 2.56 bits per heavy atom. The second-order valence-electron chi connectivity index (χ2n) is 4.46. The van der Waals surface area contributed by atoms with Gasteiger partial charge < -0.3 is 10.4 Å². The molecule has 1 atom stereocenters. The summed E-state index contributed by atoms with van der Waals surface area (Å²) in [5.41, 5.74) is 1.03. The van der Waals surface area contributed by atoms with Gasteiger partial charge in [0.1, 0.15) is 0 Å². The number of carbonyl (C=O) groups is 1. The van der Waals surface area contributed by atoms with E-state index in [0.29, 0.717) is 12.8 Å². The first-order chi connectivity index (χ1) is 7.66. The molecule has 2 rings (SSSR count). The van der Waals surface area contributed by atoms with E-state index in [1.807, 2.05) is 37.3 Å². The first kappa shape index (κ1) is 11.1. The zero-order valence-corrected chi connectivity index (χ0v) is 9.39. The molecular weight excluding hydrogens is 202 g/mol. The minimum atomic E-state index is -0.225. The van der Waals surface area contributed by atoms with Crippen molar-refractivity contribution in [2.75, 3.05) is 0 Å². The van der Waals surface area contributed by atoms with Gasteiger partial charge in [-0.3, -0.25) is 4.79 Å². The van der Waals surface area contributed by atoms with Crippen LogP contribution in [0.15, 0.2) is 30.3 Å². The first-order valence-electron chi connectivity index (χ1n) is 5.70. The maximum absolute atomic E-state index is 11.9. The molecule has 3 heteroatoms. The Balaban J connectivity index is 1.90. The van der Waals surface area contributed by atoms with E-state index in [1.54, 1.807) is 0 Å². The zero-order valence-electron chi connectivity index (χ0n) is 9.39. The number of amides is 1. The predicted molar refractivity (Wildman–Crippen MR) is 62.0 cm³/mol. The maximum atomic E-state index is 11.9. The largest absolute Gasteiger partial charge is 0.393 e. The maximum Gasteiger partial charge on any atom is 0.227 e. The molecule has 0 radical (unpaired) electrons. The number of rotatable bonds is 3. The molecule has 16 heavy (non-hydrogen) atoms. The quantitative estimate of drug-likeness (QED) is 0.808. The summed E-state index contributed by atoms with van der Waals surface area (Å²) in [5, 5.41) is 12.1. The van der Waals surface area contributed by atoms with Gasteiger partial charge in [-0.2, -0.15) is 0 Å². The van der Waals surface area contributed by atoms with Gasteiger partial charge >= 0.3 is 0 Å². The molecule has 0 spiro atoms. The lowest BCUT2D eigenvalue weighted by molar-refractivity contribution is -0.124. The van der Waals surface area contributed by atoms with Crippen LogP contribution in [0, 0.1) is 0 Å². The smallest absolute Gasteiger partial charge is 0.227 e. The Labute approximate surface area is 95.5 Å². The fourth-order valence-electron chi connectivity index (χ4n) is 1.92. The molecule has 86 valence electrons. The van der Waals surface area contributed by atoms with Crippen molar-refractivity contribution in [3.63, 3.8) is 0 Å². The molecule has 3 nitrogen and oxygen atoms in total. The van der Waals surface area contributed by atoms with Crippen molar-refractivity contribution in [3.05, 3.63) is 35.9 Å². The Bertz CT molecular complexity index is 357. The van der Waals surface area contributed by atoms with Crippen molar-refractivity contribution in [1.29, 1.82) is 0 Å². The summed E-state index contributed by atoms with van der Waals surface area (Å²) >= 11 is 0. The van der Waals surface area contributed by atoms with E-state index < -0.39 is 0 Å². The molecule has 0 bridgehead atoms. The highest BCUT2D eigenvalue weighted by atomic mass is 16.3. The standard InChI is InChI=1S/C13H17NO2/c1-9(10-5-3-2-4-6-10)13(16)14-11-7-12(15)8-11/h2-6,9,11-12,15H,7-8H2,1H3,(H,14,16). The van der Waals surface area contributed by atoms with Crippen LogP contribution < -0.4 is 5.32 Å². The van der Waals surface area contributed by atoms with Crippen LogP contribution in [0.2, 0.25) is 0 Å². The van der Waals surface area contributed by atoms with Gasteiger partial charge in [-0.15, -0.1) is 0 Å². The highest BCUT2D eigenvalue weighted by Gasteiger charge is 2.29. The molecule has 1 aliphatic rings. The zero-order chi connectivity index (χ0) is 11.5. The fourth-order valence-corrected chi connectivity index (χ4v) is 1.92. The third-order valence-corrected chi connectivity index (χ3v) is 3.15. The Morgan fingerprint density at radius 1 is 1.38 bits per heavy atom. The lowest BCUT2D eigenvalue weighted by atomic mass is 9.88. The second kappa shape index (κ2) is 4.66. The van der Waals surface area contributed by atoms with E-state index >= 15 is 0 Å². The van der Waals surface area contributed by atoms with Crippen LogP contribution in [0.5, 0.6) is 0 Å². The van der Waals surface area contributed by atoms with Gasteiger partial charge in [0, 0.05) is 6.04 Å². The van der Waals surface area contributed by atoms with Crippen LogP contribution in [0.4, 0.5) is 0 Å². The number of hydrogen-bond donors (Lipinski definition) is 2. The van der Waals surface area contributed by atoms with Crippen LogP contribution in [-0.4, -0.2) is 23.2 Å². The van der Waals surface area contributed by atoms with Crippen molar-refractivity contribution in [3.8, 4) is 0 Å². The molecule has 0 heterocycles. The van der Waals surface area contributed by atoms with E-state index in [-0.39, 0.29) is 24.0 Å². The van der Waals surface area contributed by atoms with E-state index in [1.165, 1.54) is 0 Å². The van der Waals surface area contributed by atoms with Crippen LogP contribution in [-0.2, 0) is 4.79 Å². The second-order valence-corrected chi connectivity index (χ2v) is 4.46. The number of carbonyl (C=O) groups excluding carboxylic acids is 1. The highest BCUT2D eigenvalue weighted by molar-refractivity contribution is 5.83. The highest BCUT2D eigenvalue weighted by Crippen LogP contribution is 2.21. The molecule has 0 aromatic heterocycles. The van der Waals surface area contributed by atoms with Crippen LogP contribution >= 0.6 is 0 Å². The third kappa shape index (κ3) is 2.42. The van der Waals surface area contributed by atoms with E-state index in [4.69, 9.17) is 5.11 Å². The van der Waals surface area contributed by atoms with Crippen molar-refractivity contribution >= 4 is 5.91 Å². The van der Waals surface area contributed by atoms with Gasteiger partial charge in [-0.25, -0.2) is 0 Å². The van der Waals surface area contributed by atoms with Crippen molar-refractivity contribution in [1.82, 2.24) is 5.32 Å². The summed E-state index contributed by atoms with van der Waals surface area (Å²) in [5.74, 6) is -0.0814. The average molecular weight is 219 g/mol. The number of aliphatic hydroxyl groups excluding tert-OH is 1. The van der Waals surface area contributed by atoms with Crippen LogP contribution in [0.3, 0.4) is 0 Å². The van der Waals surface area contributed by atoms with Gasteiger partial charge in [-0.1, -0.05) is 30.3 Å². The summed E-state index contributed by atoms with van der Waals surface area (Å²) < 4.78 is 0. The van der Waals surface area contributed by atoms with E-state index in [0.717, 1.165) is 5.56 Å². The summed E-state index contributed by atoms with van der Waals surface area (Å²) in [4.78, 5) is 11.9. The molecule has 0 saturated heterocycles. The monoisotopic (exact) mass is 219 g/mol. The molecule has 1 aromatic rings. The van der Waals surface area contributed by atoms with Crippen LogP contribution in [0.1, 0.15) is 31.2 Å². The number of hydrogen-bond acceptors (Lipinski definition) is 2. The number of nitrogens with one attached hydrogen (secondary N) is 1. The summed E-state index contributed by atoms with van der Waals surface area (Å²) in [7, 11) is 0. The first-order valence-corrected chi connectivity index (χ1v) is 5.70.